The van der Waals surface area contributed by atoms with E-state index in [1.807, 2.05) is 12.1 Å². The molecule has 1 aromatic carbocycles. The number of rotatable bonds is 3. The van der Waals surface area contributed by atoms with Crippen LogP contribution in [0.2, 0.25) is 0 Å². The maximum atomic E-state index is 13.1. The van der Waals surface area contributed by atoms with Crippen LogP contribution < -0.4 is 0 Å². The molecule has 2 saturated heterocycles. The van der Waals surface area contributed by atoms with E-state index in [4.69, 9.17) is 9.47 Å². The van der Waals surface area contributed by atoms with E-state index in [1.54, 1.807) is 0 Å². The molecule has 0 aromatic heterocycles. The van der Waals surface area contributed by atoms with Crippen LogP contribution in [0.15, 0.2) is 28.7 Å². The summed E-state index contributed by atoms with van der Waals surface area (Å²) in [5.41, 5.74) is 0.887. The molecule has 4 rings (SSSR count). The minimum absolute atomic E-state index is 0.0489. The topological polar surface area (TPSA) is 38.8 Å². The van der Waals surface area contributed by atoms with Gasteiger partial charge >= 0.3 is 0 Å². The lowest BCUT2D eigenvalue weighted by Gasteiger charge is -2.36. The Morgan fingerprint density at radius 3 is 2.48 bits per heavy atom. The van der Waals surface area contributed by atoms with E-state index in [9.17, 15) is 4.79 Å². The smallest absolute Gasteiger partial charge is 0.233 e. The highest BCUT2D eigenvalue weighted by Gasteiger charge is 2.53. The van der Waals surface area contributed by atoms with E-state index in [0.717, 1.165) is 48.8 Å². The molecule has 0 atom stereocenters. The summed E-state index contributed by atoms with van der Waals surface area (Å²) in [5, 5.41) is 0. The Morgan fingerprint density at radius 1 is 1.17 bits per heavy atom. The molecule has 1 amide bonds. The molecule has 0 unspecified atom stereocenters. The molecule has 0 spiro atoms. The van der Waals surface area contributed by atoms with Gasteiger partial charge in [0.1, 0.15) is 0 Å². The molecule has 0 radical (unpaired) electrons. The van der Waals surface area contributed by atoms with Gasteiger partial charge in [-0.15, -0.1) is 0 Å². The number of piperidine rings is 1. The third-order valence-corrected chi connectivity index (χ3v) is 5.89. The Labute approximate surface area is 145 Å². The summed E-state index contributed by atoms with van der Waals surface area (Å²) >= 11 is 3.52. The van der Waals surface area contributed by atoms with Crippen molar-refractivity contribution < 1.29 is 14.3 Å². The second kappa shape index (κ2) is 6.19. The number of amides is 1. The van der Waals surface area contributed by atoms with Gasteiger partial charge < -0.3 is 14.4 Å². The van der Waals surface area contributed by atoms with Crippen LogP contribution >= 0.6 is 15.9 Å². The van der Waals surface area contributed by atoms with Crippen molar-refractivity contribution in [2.45, 2.75) is 37.4 Å². The molecule has 23 heavy (non-hydrogen) atoms. The Morgan fingerprint density at radius 2 is 1.87 bits per heavy atom. The number of ether oxygens (including phenoxy) is 2. The Hall–Kier alpha value is -0.910. The largest absolute Gasteiger partial charge is 0.350 e. The maximum Gasteiger partial charge on any atom is 0.233 e. The molecule has 5 heteroatoms. The monoisotopic (exact) mass is 379 g/mol. The fourth-order valence-corrected chi connectivity index (χ4v) is 4.26. The second-order valence-electron chi connectivity index (χ2n) is 6.83. The molecule has 0 bridgehead atoms. The first kappa shape index (κ1) is 15.6. The van der Waals surface area contributed by atoms with Crippen LogP contribution in [0.1, 0.15) is 31.2 Å². The van der Waals surface area contributed by atoms with Gasteiger partial charge in [0, 0.05) is 23.5 Å². The normalized spacial score (nSPS) is 24.8. The highest BCUT2D eigenvalue weighted by atomic mass is 79.9. The molecular weight excluding hydrogens is 358 g/mol. The number of hydrogen-bond donors (Lipinski definition) is 0. The first-order valence-electron chi connectivity index (χ1n) is 8.48. The van der Waals surface area contributed by atoms with Crippen LogP contribution in [0.25, 0.3) is 0 Å². The predicted octanol–water partition coefficient (Wildman–Crippen LogP) is 3.09. The molecule has 3 aliphatic rings. The van der Waals surface area contributed by atoms with Gasteiger partial charge in [0.25, 0.3) is 0 Å². The number of carbonyl (C=O) groups excluding carboxylic acids is 1. The van der Waals surface area contributed by atoms with Gasteiger partial charge in [0.15, 0.2) is 6.29 Å². The maximum absolute atomic E-state index is 13.1. The lowest BCUT2D eigenvalue weighted by Crippen LogP contribution is -2.45. The number of likely N-dealkylation sites (tertiary alicyclic amines) is 1. The van der Waals surface area contributed by atoms with Crippen molar-refractivity contribution in [1.29, 1.82) is 0 Å². The van der Waals surface area contributed by atoms with Gasteiger partial charge in [-0.3, -0.25) is 4.79 Å². The summed E-state index contributed by atoms with van der Waals surface area (Å²) in [6.45, 7) is 3.05. The molecule has 2 heterocycles. The average Bonchev–Trinajstić information content (AvgIpc) is 3.21. The third-order valence-electron chi connectivity index (χ3n) is 5.40. The van der Waals surface area contributed by atoms with Gasteiger partial charge in [-0.05, 0) is 43.4 Å². The Kier molecular flexibility index (Phi) is 4.20. The fraction of sp³-hybridized carbons (Fsp3) is 0.611. The summed E-state index contributed by atoms with van der Waals surface area (Å²) in [5.74, 6) is 0.741. The number of nitrogens with zero attached hydrogens (tertiary/aromatic N) is 1. The first-order valence-corrected chi connectivity index (χ1v) is 9.27. The summed E-state index contributed by atoms with van der Waals surface area (Å²) in [4.78, 5) is 15.1. The molecule has 2 aliphatic heterocycles. The summed E-state index contributed by atoms with van der Waals surface area (Å²) in [6.07, 6.45) is 3.84. The molecule has 4 nitrogen and oxygen atoms in total. The highest BCUT2D eigenvalue weighted by Crippen LogP contribution is 2.50. The minimum atomic E-state index is -0.267. The molecule has 3 fully saturated rings. The van der Waals surface area contributed by atoms with Gasteiger partial charge in [-0.25, -0.2) is 0 Å². The van der Waals surface area contributed by atoms with Crippen molar-refractivity contribution in [2.24, 2.45) is 5.92 Å². The Balaban J connectivity index is 1.42. The van der Waals surface area contributed by atoms with E-state index >= 15 is 0 Å². The summed E-state index contributed by atoms with van der Waals surface area (Å²) < 4.78 is 12.3. The zero-order valence-corrected chi connectivity index (χ0v) is 14.8. The zero-order chi connectivity index (χ0) is 15.9. The zero-order valence-electron chi connectivity index (χ0n) is 13.2. The minimum Gasteiger partial charge on any atom is -0.350 e. The van der Waals surface area contributed by atoms with Crippen LogP contribution in [-0.2, 0) is 19.7 Å². The van der Waals surface area contributed by atoms with Gasteiger partial charge in [-0.1, -0.05) is 28.1 Å². The molecule has 1 aromatic rings. The predicted molar refractivity (Wildman–Crippen MR) is 90.1 cm³/mol. The third kappa shape index (κ3) is 2.94. The average molecular weight is 380 g/mol. The molecule has 1 saturated carbocycles. The molecule has 124 valence electrons. The van der Waals surface area contributed by atoms with E-state index in [0.29, 0.717) is 25.0 Å². The number of carbonyl (C=O) groups is 1. The van der Waals surface area contributed by atoms with Crippen LogP contribution in [0.4, 0.5) is 0 Å². The Bertz CT molecular complexity index is 588. The first-order chi connectivity index (χ1) is 11.2. The van der Waals surface area contributed by atoms with Crippen LogP contribution in [-0.4, -0.2) is 43.4 Å². The molecular formula is C18H22BrNO3. The summed E-state index contributed by atoms with van der Waals surface area (Å²) in [6, 6.07) is 8.21. The van der Waals surface area contributed by atoms with E-state index in [2.05, 4.69) is 33.0 Å². The number of hydrogen-bond acceptors (Lipinski definition) is 3. The lowest BCUT2D eigenvalue weighted by atomic mass is 9.91. The quantitative estimate of drug-likeness (QED) is 0.809. The van der Waals surface area contributed by atoms with Crippen molar-refractivity contribution in [2.75, 3.05) is 26.3 Å². The molecule has 0 N–H and O–H groups in total. The standard InChI is InChI=1S/C18H22BrNO3/c19-15-3-1-2-14(12-15)18(6-7-18)17(21)20-8-4-13(5-9-20)16-22-10-11-23-16/h1-3,12-13,16H,4-11H2. The van der Waals surface area contributed by atoms with Crippen molar-refractivity contribution in [3.8, 4) is 0 Å². The van der Waals surface area contributed by atoms with Crippen molar-refractivity contribution in [3.63, 3.8) is 0 Å². The highest BCUT2D eigenvalue weighted by molar-refractivity contribution is 9.10. The number of benzene rings is 1. The van der Waals surface area contributed by atoms with Gasteiger partial charge in [-0.2, -0.15) is 0 Å². The number of halogens is 1. The van der Waals surface area contributed by atoms with Gasteiger partial charge in [0.2, 0.25) is 5.91 Å². The van der Waals surface area contributed by atoms with Crippen LogP contribution in [0.3, 0.4) is 0 Å². The van der Waals surface area contributed by atoms with E-state index < -0.39 is 0 Å². The van der Waals surface area contributed by atoms with Gasteiger partial charge in [0.05, 0.1) is 18.6 Å². The van der Waals surface area contributed by atoms with Crippen molar-refractivity contribution in [3.05, 3.63) is 34.3 Å². The van der Waals surface area contributed by atoms with Crippen LogP contribution in [0.5, 0.6) is 0 Å². The SMILES string of the molecule is O=C(N1CCC(C2OCCO2)CC1)C1(c2cccc(Br)c2)CC1. The lowest BCUT2D eigenvalue weighted by molar-refractivity contribution is -0.139. The van der Waals surface area contributed by atoms with E-state index in [1.165, 1.54) is 0 Å². The van der Waals surface area contributed by atoms with Crippen molar-refractivity contribution in [1.82, 2.24) is 4.90 Å². The van der Waals surface area contributed by atoms with Crippen molar-refractivity contribution >= 4 is 21.8 Å². The summed E-state index contributed by atoms with van der Waals surface area (Å²) in [7, 11) is 0. The molecule has 1 aliphatic carbocycles. The second-order valence-corrected chi connectivity index (χ2v) is 7.75. The fourth-order valence-electron chi connectivity index (χ4n) is 3.86. The van der Waals surface area contributed by atoms with Crippen LogP contribution in [0, 0.1) is 5.92 Å². The van der Waals surface area contributed by atoms with E-state index in [-0.39, 0.29) is 11.7 Å².